The van der Waals surface area contributed by atoms with Gasteiger partial charge in [0.05, 0.1) is 23.1 Å². The number of nitrogen functional groups attached to an aromatic ring is 1. The van der Waals surface area contributed by atoms with Gasteiger partial charge >= 0.3 is 12.1 Å². The van der Waals surface area contributed by atoms with Crippen LogP contribution < -0.4 is 11.1 Å². The van der Waals surface area contributed by atoms with Crippen molar-refractivity contribution in [3.05, 3.63) is 45.8 Å². The van der Waals surface area contributed by atoms with E-state index in [-0.39, 0.29) is 21.1 Å². The lowest BCUT2D eigenvalue weighted by Gasteiger charge is -2.09. The van der Waals surface area contributed by atoms with E-state index >= 15 is 0 Å². The molecule has 1 heterocycles. The SMILES string of the molecule is COC(=O)c1c(N)sc(C(=O)Nc2cccc(C(F)(F)F)c2)c1C. The molecular formula is C15H13F3N2O3S. The van der Waals surface area contributed by atoms with Crippen LogP contribution in [0.5, 0.6) is 0 Å². The molecule has 0 unspecified atom stereocenters. The molecule has 1 amide bonds. The van der Waals surface area contributed by atoms with Crippen molar-refractivity contribution in [1.82, 2.24) is 0 Å². The maximum absolute atomic E-state index is 12.7. The number of benzene rings is 1. The molecule has 0 bridgehead atoms. The minimum absolute atomic E-state index is 0.0131. The Kier molecular flexibility index (Phi) is 4.83. The lowest BCUT2D eigenvalue weighted by Crippen LogP contribution is -2.13. The molecule has 0 spiro atoms. The highest BCUT2D eigenvalue weighted by Crippen LogP contribution is 2.33. The molecule has 1 aromatic heterocycles. The number of amides is 1. The third-order valence-corrected chi connectivity index (χ3v) is 4.34. The van der Waals surface area contributed by atoms with Crippen LogP contribution in [-0.2, 0) is 10.9 Å². The number of thiophene rings is 1. The average Bonchev–Trinajstić information content (AvgIpc) is 2.81. The monoisotopic (exact) mass is 358 g/mol. The van der Waals surface area contributed by atoms with Gasteiger partial charge in [-0.1, -0.05) is 6.07 Å². The topological polar surface area (TPSA) is 81.4 Å². The Morgan fingerprint density at radius 3 is 2.54 bits per heavy atom. The minimum Gasteiger partial charge on any atom is -0.465 e. The summed E-state index contributed by atoms with van der Waals surface area (Å²) in [7, 11) is 1.18. The van der Waals surface area contributed by atoms with E-state index in [9.17, 15) is 22.8 Å². The highest BCUT2D eigenvalue weighted by Gasteiger charge is 2.30. The van der Waals surface area contributed by atoms with Crippen LogP contribution >= 0.6 is 11.3 Å². The van der Waals surface area contributed by atoms with Gasteiger partial charge in [0.2, 0.25) is 0 Å². The molecule has 0 radical (unpaired) electrons. The second-order valence-corrected chi connectivity index (χ2v) is 5.87. The first-order valence-electron chi connectivity index (χ1n) is 6.61. The summed E-state index contributed by atoms with van der Waals surface area (Å²) in [6.45, 7) is 1.51. The van der Waals surface area contributed by atoms with Gasteiger partial charge in [-0.25, -0.2) is 4.79 Å². The second kappa shape index (κ2) is 6.52. The summed E-state index contributed by atoms with van der Waals surface area (Å²) in [5.74, 6) is -1.34. The second-order valence-electron chi connectivity index (χ2n) is 4.82. The van der Waals surface area contributed by atoms with Crippen LogP contribution in [0.15, 0.2) is 24.3 Å². The highest BCUT2D eigenvalue weighted by atomic mass is 32.1. The molecule has 0 atom stereocenters. The fraction of sp³-hybridized carbons (Fsp3) is 0.200. The van der Waals surface area contributed by atoms with E-state index < -0.39 is 23.6 Å². The average molecular weight is 358 g/mol. The van der Waals surface area contributed by atoms with E-state index in [0.717, 1.165) is 23.5 Å². The minimum atomic E-state index is -4.51. The van der Waals surface area contributed by atoms with Crippen molar-refractivity contribution in [2.45, 2.75) is 13.1 Å². The van der Waals surface area contributed by atoms with E-state index in [1.807, 2.05) is 0 Å². The quantitative estimate of drug-likeness (QED) is 0.820. The molecule has 24 heavy (non-hydrogen) atoms. The van der Waals surface area contributed by atoms with Crippen LogP contribution in [0.2, 0.25) is 0 Å². The standard InChI is InChI=1S/C15H13F3N2O3S/c1-7-10(14(22)23-2)12(19)24-11(7)13(21)20-9-5-3-4-8(6-9)15(16,17)18/h3-6H,19H2,1-2H3,(H,20,21). The van der Waals surface area contributed by atoms with E-state index in [1.54, 1.807) is 0 Å². The Hall–Kier alpha value is -2.55. The smallest absolute Gasteiger partial charge is 0.416 e. The van der Waals surface area contributed by atoms with E-state index in [1.165, 1.54) is 26.2 Å². The van der Waals surface area contributed by atoms with Crippen molar-refractivity contribution >= 4 is 33.9 Å². The molecule has 3 N–H and O–H groups in total. The lowest BCUT2D eigenvalue weighted by molar-refractivity contribution is -0.137. The molecule has 5 nitrogen and oxygen atoms in total. The maximum atomic E-state index is 12.7. The van der Waals surface area contributed by atoms with Crippen LogP contribution in [0.1, 0.15) is 31.2 Å². The Labute approximate surface area is 139 Å². The summed E-state index contributed by atoms with van der Waals surface area (Å²) in [6, 6.07) is 4.25. The Morgan fingerprint density at radius 2 is 1.96 bits per heavy atom. The summed E-state index contributed by atoms with van der Waals surface area (Å²) >= 11 is 0.864. The first-order valence-corrected chi connectivity index (χ1v) is 7.42. The summed E-state index contributed by atoms with van der Waals surface area (Å²) < 4.78 is 42.7. The first kappa shape index (κ1) is 17.8. The number of rotatable bonds is 3. The zero-order valence-corrected chi connectivity index (χ0v) is 13.5. The van der Waals surface area contributed by atoms with Gasteiger partial charge in [-0.15, -0.1) is 11.3 Å². The Balaban J connectivity index is 2.30. The zero-order chi connectivity index (χ0) is 18.1. The number of carbonyl (C=O) groups excluding carboxylic acids is 2. The van der Waals surface area contributed by atoms with Gasteiger partial charge in [-0.2, -0.15) is 13.2 Å². The number of ether oxygens (including phenoxy) is 1. The largest absolute Gasteiger partial charge is 0.465 e. The van der Waals surface area contributed by atoms with E-state index in [2.05, 4.69) is 10.1 Å². The number of methoxy groups -OCH3 is 1. The molecule has 1 aromatic carbocycles. The lowest BCUT2D eigenvalue weighted by atomic mass is 10.1. The maximum Gasteiger partial charge on any atom is 0.416 e. The van der Waals surface area contributed by atoms with Gasteiger partial charge in [0, 0.05) is 5.69 Å². The molecule has 0 aliphatic carbocycles. The number of alkyl halides is 3. The van der Waals surface area contributed by atoms with Crippen LogP contribution in [-0.4, -0.2) is 19.0 Å². The molecule has 0 saturated heterocycles. The molecule has 2 aromatic rings. The van der Waals surface area contributed by atoms with Crippen LogP contribution in [0.3, 0.4) is 0 Å². The summed E-state index contributed by atoms with van der Waals surface area (Å²) in [6.07, 6.45) is -4.51. The van der Waals surface area contributed by atoms with Crippen molar-refractivity contribution < 1.29 is 27.5 Å². The number of halogens is 3. The van der Waals surface area contributed by atoms with Gasteiger partial charge in [0.25, 0.3) is 5.91 Å². The van der Waals surface area contributed by atoms with E-state index in [0.29, 0.717) is 5.56 Å². The number of anilines is 2. The first-order chi connectivity index (χ1) is 11.1. The van der Waals surface area contributed by atoms with Gasteiger partial charge < -0.3 is 15.8 Å². The zero-order valence-electron chi connectivity index (χ0n) is 12.7. The number of hydrogen-bond donors (Lipinski definition) is 2. The molecule has 0 aliphatic heterocycles. The molecule has 0 aliphatic rings. The third kappa shape index (κ3) is 3.51. The fourth-order valence-electron chi connectivity index (χ4n) is 2.07. The van der Waals surface area contributed by atoms with Crippen molar-refractivity contribution in [2.24, 2.45) is 0 Å². The van der Waals surface area contributed by atoms with Crippen molar-refractivity contribution in [1.29, 1.82) is 0 Å². The van der Waals surface area contributed by atoms with Crippen molar-refractivity contribution in [3.63, 3.8) is 0 Å². The molecule has 2 rings (SSSR count). The molecular weight excluding hydrogens is 345 g/mol. The van der Waals surface area contributed by atoms with Gasteiger partial charge in [0.1, 0.15) is 5.00 Å². The van der Waals surface area contributed by atoms with Gasteiger partial charge in [0.15, 0.2) is 0 Å². The number of nitrogens with one attached hydrogen (secondary N) is 1. The summed E-state index contributed by atoms with van der Waals surface area (Å²) in [5.41, 5.74) is 5.22. The van der Waals surface area contributed by atoms with Crippen molar-refractivity contribution in [3.8, 4) is 0 Å². The predicted octanol–water partition coefficient (Wildman–Crippen LogP) is 3.70. The molecule has 128 valence electrons. The summed E-state index contributed by atoms with van der Waals surface area (Å²) in [4.78, 5) is 24.1. The van der Waals surface area contributed by atoms with Crippen molar-refractivity contribution in [2.75, 3.05) is 18.2 Å². The third-order valence-electron chi connectivity index (χ3n) is 3.22. The van der Waals surface area contributed by atoms with E-state index in [4.69, 9.17) is 5.73 Å². The normalized spacial score (nSPS) is 11.2. The Morgan fingerprint density at radius 1 is 1.29 bits per heavy atom. The number of esters is 1. The number of carbonyl (C=O) groups is 2. The van der Waals surface area contributed by atoms with Gasteiger partial charge in [-0.3, -0.25) is 4.79 Å². The number of nitrogens with two attached hydrogens (primary N) is 1. The fourth-order valence-corrected chi connectivity index (χ4v) is 3.03. The summed E-state index contributed by atoms with van der Waals surface area (Å²) in [5, 5.41) is 2.48. The van der Waals surface area contributed by atoms with Crippen LogP contribution in [0.25, 0.3) is 0 Å². The molecule has 0 fully saturated rings. The highest BCUT2D eigenvalue weighted by molar-refractivity contribution is 7.18. The molecule has 9 heteroatoms. The number of hydrogen-bond acceptors (Lipinski definition) is 5. The predicted molar refractivity (Wildman–Crippen MR) is 84.2 cm³/mol. The van der Waals surface area contributed by atoms with Crippen LogP contribution in [0.4, 0.5) is 23.9 Å². The molecule has 0 saturated carbocycles. The van der Waals surface area contributed by atoms with Crippen LogP contribution in [0, 0.1) is 6.92 Å². The van der Waals surface area contributed by atoms with Gasteiger partial charge in [-0.05, 0) is 30.7 Å². The Bertz CT molecular complexity index is 800.